The van der Waals surface area contributed by atoms with Gasteiger partial charge in [-0.3, -0.25) is 0 Å². The van der Waals surface area contributed by atoms with Crippen molar-refractivity contribution in [2.24, 2.45) is 0 Å². The van der Waals surface area contributed by atoms with Crippen molar-refractivity contribution in [3.8, 4) is 0 Å². The lowest BCUT2D eigenvalue weighted by molar-refractivity contribution is 0.218. The zero-order chi connectivity index (χ0) is 13.8. The van der Waals surface area contributed by atoms with Crippen LogP contribution in [0.2, 0.25) is 0 Å². The Hall–Kier alpha value is -1.31. The summed E-state index contributed by atoms with van der Waals surface area (Å²) in [6.07, 6.45) is 3.81. The third kappa shape index (κ3) is 3.14. The summed E-state index contributed by atoms with van der Waals surface area (Å²) in [6, 6.07) is 21.9. The zero-order valence-corrected chi connectivity index (χ0v) is 13.4. The second-order valence-corrected chi connectivity index (χ2v) is 5.85. The van der Waals surface area contributed by atoms with Crippen LogP contribution in [0.1, 0.15) is 43.2 Å². The van der Waals surface area contributed by atoms with Crippen molar-refractivity contribution in [3.05, 3.63) is 71.8 Å². The first-order chi connectivity index (χ1) is 9.83. The highest BCUT2D eigenvalue weighted by Gasteiger charge is 2.39. The summed E-state index contributed by atoms with van der Waals surface area (Å²) in [5.74, 6) is 0.478. The molecule has 0 amide bonds. The lowest BCUT2D eigenvalue weighted by Crippen LogP contribution is -2.49. The predicted molar refractivity (Wildman–Crippen MR) is 92.1 cm³/mol. The summed E-state index contributed by atoms with van der Waals surface area (Å²) in [5.41, 5.74) is 2.93. The van der Waals surface area contributed by atoms with E-state index in [4.69, 9.17) is 0 Å². The first-order valence-electron chi connectivity index (χ1n) is 7.68. The summed E-state index contributed by atoms with van der Waals surface area (Å²) in [7, 11) is 0. The van der Waals surface area contributed by atoms with Crippen molar-refractivity contribution in [2.75, 3.05) is 6.54 Å². The monoisotopic (exact) mass is 301 g/mol. The first-order valence-corrected chi connectivity index (χ1v) is 7.68. The number of hydrogen-bond donors (Lipinski definition) is 1. The zero-order valence-electron chi connectivity index (χ0n) is 12.6. The summed E-state index contributed by atoms with van der Waals surface area (Å²) < 4.78 is 0. The molecule has 1 aliphatic heterocycles. The molecule has 2 heteroatoms. The Morgan fingerprint density at radius 3 is 2.10 bits per heavy atom. The summed E-state index contributed by atoms with van der Waals surface area (Å²) in [6.45, 7) is 3.48. The highest BCUT2D eigenvalue weighted by atomic mass is 35.5. The first kappa shape index (κ1) is 16.1. The normalized spacial score (nSPS) is 23.1. The van der Waals surface area contributed by atoms with E-state index in [9.17, 15) is 0 Å². The smallest absolute Gasteiger partial charge is 0.0501 e. The topological polar surface area (TPSA) is 12.0 Å². The van der Waals surface area contributed by atoms with Gasteiger partial charge in [-0.05, 0) is 36.9 Å². The molecule has 1 fully saturated rings. The van der Waals surface area contributed by atoms with E-state index in [1.807, 2.05) is 0 Å². The molecule has 3 rings (SSSR count). The van der Waals surface area contributed by atoms with Crippen molar-refractivity contribution < 1.29 is 0 Å². The van der Waals surface area contributed by atoms with Crippen molar-refractivity contribution in [3.63, 3.8) is 0 Å². The summed E-state index contributed by atoms with van der Waals surface area (Å²) in [4.78, 5) is 0. The molecule has 1 aliphatic rings. The van der Waals surface area contributed by atoms with E-state index in [2.05, 4.69) is 72.9 Å². The fraction of sp³-hybridized carbons (Fsp3) is 0.368. The number of halogens is 1. The Morgan fingerprint density at radius 1 is 0.905 bits per heavy atom. The SMILES string of the molecule is CC(c1ccccc1)C1(c2ccccc2)CCCCN1.Cl. The van der Waals surface area contributed by atoms with Crippen molar-refractivity contribution in [2.45, 2.75) is 37.6 Å². The third-order valence-corrected chi connectivity index (χ3v) is 4.77. The molecule has 0 aromatic heterocycles. The minimum atomic E-state index is 0. The van der Waals surface area contributed by atoms with E-state index >= 15 is 0 Å². The van der Waals surface area contributed by atoms with Gasteiger partial charge in [-0.1, -0.05) is 67.6 Å². The molecule has 2 aromatic carbocycles. The lowest BCUT2D eigenvalue weighted by Gasteiger charge is -2.44. The van der Waals surface area contributed by atoms with E-state index in [1.54, 1.807) is 0 Å². The molecule has 2 unspecified atom stereocenters. The van der Waals surface area contributed by atoms with Crippen molar-refractivity contribution >= 4 is 12.4 Å². The molecule has 0 aliphatic carbocycles. The van der Waals surface area contributed by atoms with Crippen LogP contribution in [0.3, 0.4) is 0 Å². The minimum absolute atomic E-state index is 0. The highest BCUT2D eigenvalue weighted by molar-refractivity contribution is 5.85. The van der Waals surface area contributed by atoms with Crippen LogP contribution < -0.4 is 5.32 Å². The third-order valence-electron chi connectivity index (χ3n) is 4.77. The maximum absolute atomic E-state index is 3.85. The van der Waals surface area contributed by atoms with Gasteiger partial charge in [0.15, 0.2) is 0 Å². The van der Waals surface area contributed by atoms with E-state index in [0.29, 0.717) is 5.92 Å². The summed E-state index contributed by atoms with van der Waals surface area (Å²) in [5, 5.41) is 3.85. The van der Waals surface area contributed by atoms with Crippen molar-refractivity contribution in [1.29, 1.82) is 0 Å². The molecule has 0 spiro atoms. The maximum atomic E-state index is 3.85. The standard InChI is InChI=1S/C19H23N.ClH/c1-16(17-10-4-2-5-11-17)19(14-8-9-15-20-19)18-12-6-3-7-13-18;/h2-7,10-13,16,20H,8-9,14-15H2,1H3;1H. The molecular weight excluding hydrogens is 278 g/mol. The molecule has 2 aromatic rings. The Balaban J connectivity index is 0.00000161. The predicted octanol–water partition coefficient (Wildman–Crippen LogP) is 4.88. The van der Waals surface area contributed by atoms with E-state index in [1.165, 1.54) is 30.4 Å². The Labute approximate surface area is 134 Å². The second-order valence-electron chi connectivity index (χ2n) is 5.85. The molecule has 1 nitrogen and oxygen atoms in total. The van der Waals surface area contributed by atoms with E-state index < -0.39 is 0 Å². The van der Waals surface area contributed by atoms with Gasteiger partial charge in [0.2, 0.25) is 0 Å². The van der Waals surface area contributed by atoms with Gasteiger partial charge in [0.1, 0.15) is 0 Å². The van der Waals surface area contributed by atoms with Crippen LogP contribution in [-0.4, -0.2) is 6.54 Å². The average Bonchev–Trinajstić information content (AvgIpc) is 2.56. The number of hydrogen-bond acceptors (Lipinski definition) is 1. The quantitative estimate of drug-likeness (QED) is 0.852. The van der Waals surface area contributed by atoms with Gasteiger partial charge < -0.3 is 5.32 Å². The molecule has 2 atom stereocenters. The van der Waals surface area contributed by atoms with Gasteiger partial charge in [0.25, 0.3) is 0 Å². The number of nitrogens with one attached hydrogen (secondary N) is 1. The Bertz CT molecular complexity index is 532. The summed E-state index contributed by atoms with van der Waals surface area (Å²) >= 11 is 0. The molecule has 21 heavy (non-hydrogen) atoms. The van der Waals surface area contributed by atoms with Crippen molar-refractivity contribution in [1.82, 2.24) is 5.32 Å². The van der Waals surface area contributed by atoms with Gasteiger partial charge in [-0.25, -0.2) is 0 Å². The number of rotatable bonds is 3. The molecule has 1 heterocycles. The molecule has 0 saturated carbocycles. The maximum Gasteiger partial charge on any atom is 0.0501 e. The van der Waals surface area contributed by atoms with Crippen LogP contribution in [0.5, 0.6) is 0 Å². The van der Waals surface area contributed by atoms with E-state index in [-0.39, 0.29) is 17.9 Å². The Morgan fingerprint density at radius 2 is 1.52 bits per heavy atom. The van der Waals surface area contributed by atoms with Crippen LogP contribution in [0.4, 0.5) is 0 Å². The molecule has 1 N–H and O–H groups in total. The molecule has 0 bridgehead atoms. The average molecular weight is 302 g/mol. The highest BCUT2D eigenvalue weighted by Crippen LogP contribution is 2.42. The molecular formula is C19H24ClN. The van der Waals surface area contributed by atoms with Gasteiger partial charge in [-0.15, -0.1) is 12.4 Å². The van der Waals surface area contributed by atoms with Crippen LogP contribution >= 0.6 is 12.4 Å². The van der Waals surface area contributed by atoms with Crippen LogP contribution in [0, 0.1) is 0 Å². The van der Waals surface area contributed by atoms with Gasteiger partial charge in [0.05, 0.1) is 5.54 Å². The molecule has 112 valence electrons. The molecule has 0 radical (unpaired) electrons. The van der Waals surface area contributed by atoms with Crippen LogP contribution in [-0.2, 0) is 5.54 Å². The number of benzene rings is 2. The second kappa shape index (κ2) is 7.11. The van der Waals surface area contributed by atoms with Crippen LogP contribution in [0.15, 0.2) is 60.7 Å². The van der Waals surface area contributed by atoms with Gasteiger partial charge in [0, 0.05) is 5.92 Å². The van der Waals surface area contributed by atoms with Crippen LogP contribution in [0.25, 0.3) is 0 Å². The van der Waals surface area contributed by atoms with Gasteiger partial charge in [-0.2, -0.15) is 0 Å². The lowest BCUT2D eigenvalue weighted by atomic mass is 9.71. The van der Waals surface area contributed by atoms with E-state index in [0.717, 1.165) is 6.54 Å². The fourth-order valence-corrected chi connectivity index (χ4v) is 3.56. The Kier molecular flexibility index (Phi) is 5.44. The minimum Gasteiger partial charge on any atom is -0.307 e. The fourth-order valence-electron chi connectivity index (χ4n) is 3.56. The molecule has 1 saturated heterocycles. The largest absolute Gasteiger partial charge is 0.307 e. The van der Waals surface area contributed by atoms with Gasteiger partial charge >= 0.3 is 0 Å². The number of piperidine rings is 1.